The molecule has 0 aliphatic rings. The lowest BCUT2D eigenvalue weighted by Gasteiger charge is -2.10. The largest absolute Gasteiger partial charge is 0.494 e. The van der Waals surface area contributed by atoms with Crippen molar-refractivity contribution in [1.29, 1.82) is 0 Å². The first-order chi connectivity index (χ1) is 16.8. The Hall–Kier alpha value is -4.05. The molecule has 35 heavy (non-hydrogen) atoms. The normalized spacial score (nSPS) is 10.8. The summed E-state index contributed by atoms with van der Waals surface area (Å²) in [6.45, 7) is 4.55. The van der Waals surface area contributed by atoms with E-state index in [1.807, 2.05) is 13.8 Å². The molecule has 10 heteroatoms. The SMILES string of the molecule is CCOc1ccc(NC(=O)CNC(=O)c2ccc(S(=O)(=O)Nc3ccc(OCC)cc3)cc2)cc1. The summed E-state index contributed by atoms with van der Waals surface area (Å²) in [6.07, 6.45) is 0. The van der Waals surface area contributed by atoms with Crippen LogP contribution in [0.4, 0.5) is 11.4 Å². The zero-order valence-corrected chi connectivity index (χ0v) is 20.2. The number of ether oxygens (including phenoxy) is 2. The average molecular weight is 498 g/mol. The van der Waals surface area contributed by atoms with Crippen LogP contribution in [0, 0.1) is 0 Å². The number of nitrogens with one attached hydrogen (secondary N) is 3. The maximum atomic E-state index is 12.6. The lowest BCUT2D eigenvalue weighted by Crippen LogP contribution is -2.32. The van der Waals surface area contributed by atoms with Crippen molar-refractivity contribution in [3.8, 4) is 11.5 Å². The predicted molar refractivity (Wildman–Crippen MR) is 133 cm³/mol. The fourth-order valence-electron chi connectivity index (χ4n) is 3.05. The molecule has 3 N–H and O–H groups in total. The number of benzene rings is 3. The summed E-state index contributed by atoms with van der Waals surface area (Å²) in [5.74, 6) is 0.425. The second-order valence-electron chi connectivity index (χ2n) is 7.28. The topological polar surface area (TPSA) is 123 Å². The molecule has 9 nitrogen and oxygen atoms in total. The number of hydrogen-bond donors (Lipinski definition) is 3. The van der Waals surface area contributed by atoms with Gasteiger partial charge in [0, 0.05) is 16.9 Å². The van der Waals surface area contributed by atoms with Crippen molar-refractivity contribution < 1.29 is 27.5 Å². The number of carbonyl (C=O) groups is 2. The fourth-order valence-corrected chi connectivity index (χ4v) is 4.11. The second kappa shape index (κ2) is 11.9. The Morgan fingerprint density at radius 2 is 1.26 bits per heavy atom. The maximum Gasteiger partial charge on any atom is 0.261 e. The van der Waals surface area contributed by atoms with Crippen molar-refractivity contribution in [2.75, 3.05) is 29.8 Å². The minimum atomic E-state index is -3.84. The summed E-state index contributed by atoms with van der Waals surface area (Å²) < 4.78 is 38.4. The number of hydrogen-bond acceptors (Lipinski definition) is 6. The fraction of sp³-hybridized carbons (Fsp3) is 0.200. The van der Waals surface area contributed by atoms with Crippen LogP contribution in [-0.2, 0) is 14.8 Å². The van der Waals surface area contributed by atoms with Gasteiger partial charge in [0.2, 0.25) is 5.91 Å². The van der Waals surface area contributed by atoms with E-state index in [9.17, 15) is 18.0 Å². The molecule has 0 atom stereocenters. The molecule has 0 saturated heterocycles. The van der Waals surface area contributed by atoms with Crippen molar-refractivity contribution in [2.24, 2.45) is 0 Å². The van der Waals surface area contributed by atoms with Crippen molar-refractivity contribution in [2.45, 2.75) is 18.7 Å². The van der Waals surface area contributed by atoms with E-state index in [-0.39, 0.29) is 17.0 Å². The minimum absolute atomic E-state index is 0.00354. The summed E-state index contributed by atoms with van der Waals surface area (Å²) in [5, 5.41) is 5.19. The van der Waals surface area contributed by atoms with Gasteiger partial charge in [-0.2, -0.15) is 0 Å². The highest BCUT2D eigenvalue weighted by Crippen LogP contribution is 2.20. The Morgan fingerprint density at radius 1 is 0.743 bits per heavy atom. The number of carbonyl (C=O) groups excluding carboxylic acids is 2. The summed E-state index contributed by atoms with van der Waals surface area (Å²) >= 11 is 0. The van der Waals surface area contributed by atoms with Gasteiger partial charge in [0.25, 0.3) is 15.9 Å². The third-order valence-electron chi connectivity index (χ3n) is 4.70. The molecular formula is C25H27N3O6S. The van der Waals surface area contributed by atoms with Crippen LogP contribution >= 0.6 is 0 Å². The van der Waals surface area contributed by atoms with E-state index in [2.05, 4.69) is 15.4 Å². The van der Waals surface area contributed by atoms with Crippen LogP contribution in [0.3, 0.4) is 0 Å². The monoisotopic (exact) mass is 497 g/mol. The first kappa shape index (κ1) is 25.6. The molecule has 184 valence electrons. The van der Waals surface area contributed by atoms with Crippen LogP contribution in [0.2, 0.25) is 0 Å². The van der Waals surface area contributed by atoms with Gasteiger partial charge < -0.3 is 20.1 Å². The number of anilines is 2. The van der Waals surface area contributed by atoms with Gasteiger partial charge in [-0.3, -0.25) is 14.3 Å². The second-order valence-corrected chi connectivity index (χ2v) is 8.96. The van der Waals surface area contributed by atoms with Gasteiger partial charge in [-0.1, -0.05) is 0 Å². The number of rotatable bonds is 11. The lowest BCUT2D eigenvalue weighted by atomic mass is 10.2. The lowest BCUT2D eigenvalue weighted by molar-refractivity contribution is -0.115. The van der Waals surface area contributed by atoms with Crippen LogP contribution in [0.5, 0.6) is 11.5 Å². The van der Waals surface area contributed by atoms with Gasteiger partial charge >= 0.3 is 0 Å². The van der Waals surface area contributed by atoms with Crippen LogP contribution in [0.1, 0.15) is 24.2 Å². The van der Waals surface area contributed by atoms with Gasteiger partial charge in [-0.25, -0.2) is 8.42 Å². The molecule has 3 aromatic rings. The van der Waals surface area contributed by atoms with E-state index < -0.39 is 21.8 Å². The van der Waals surface area contributed by atoms with E-state index in [1.54, 1.807) is 48.5 Å². The Labute approximate surface area is 204 Å². The molecule has 0 aliphatic carbocycles. The smallest absolute Gasteiger partial charge is 0.261 e. The zero-order chi connectivity index (χ0) is 25.3. The van der Waals surface area contributed by atoms with Crippen LogP contribution in [0.15, 0.2) is 77.7 Å². The molecule has 0 spiro atoms. The predicted octanol–water partition coefficient (Wildman–Crippen LogP) is 3.65. The van der Waals surface area contributed by atoms with Gasteiger partial charge in [0.05, 0.1) is 24.7 Å². The molecule has 2 amide bonds. The Kier molecular flexibility index (Phi) is 8.69. The van der Waals surface area contributed by atoms with Crippen LogP contribution < -0.4 is 24.8 Å². The highest BCUT2D eigenvalue weighted by Gasteiger charge is 2.16. The molecule has 3 aromatic carbocycles. The number of sulfonamides is 1. The van der Waals surface area contributed by atoms with E-state index in [4.69, 9.17) is 9.47 Å². The molecule has 0 radical (unpaired) electrons. The molecular weight excluding hydrogens is 470 g/mol. The van der Waals surface area contributed by atoms with Crippen molar-refractivity contribution >= 4 is 33.2 Å². The maximum absolute atomic E-state index is 12.6. The van der Waals surface area contributed by atoms with E-state index in [0.717, 1.165) is 0 Å². The molecule has 3 rings (SSSR count). The standard InChI is InChI=1S/C25H27N3O6S/c1-3-33-21-11-7-19(8-12-21)27-24(29)17-26-25(30)18-5-15-23(16-6-18)35(31,32)28-20-9-13-22(14-10-20)34-4-2/h5-16,28H,3-4,17H2,1-2H3,(H,26,30)(H,27,29). The molecule has 0 aromatic heterocycles. The van der Waals surface area contributed by atoms with Gasteiger partial charge in [0.15, 0.2) is 0 Å². The molecule has 0 fully saturated rings. The summed E-state index contributed by atoms with van der Waals surface area (Å²) in [7, 11) is -3.84. The van der Waals surface area contributed by atoms with Gasteiger partial charge in [-0.05, 0) is 86.6 Å². The van der Waals surface area contributed by atoms with E-state index >= 15 is 0 Å². The summed E-state index contributed by atoms with van der Waals surface area (Å²) in [4.78, 5) is 24.5. The highest BCUT2D eigenvalue weighted by atomic mass is 32.2. The molecule has 0 heterocycles. The molecule has 0 bridgehead atoms. The third-order valence-corrected chi connectivity index (χ3v) is 6.10. The zero-order valence-electron chi connectivity index (χ0n) is 19.4. The third kappa shape index (κ3) is 7.47. The summed E-state index contributed by atoms with van der Waals surface area (Å²) in [6, 6.07) is 18.8. The van der Waals surface area contributed by atoms with Crippen molar-refractivity contribution in [1.82, 2.24) is 5.32 Å². The number of amides is 2. The minimum Gasteiger partial charge on any atom is -0.494 e. The average Bonchev–Trinajstić information content (AvgIpc) is 2.85. The Morgan fingerprint density at radius 3 is 1.77 bits per heavy atom. The van der Waals surface area contributed by atoms with E-state index in [1.165, 1.54) is 24.3 Å². The van der Waals surface area contributed by atoms with Gasteiger partial charge in [0.1, 0.15) is 11.5 Å². The highest BCUT2D eigenvalue weighted by molar-refractivity contribution is 7.92. The Balaban J connectivity index is 1.53. The van der Waals surface area contributed by atoms with Crippen LogP contribution in [0.25, 0.3) is 0 Å². The van der Waals surface area contributed by atoms with E-state index in [0.29, 0.717) is 36.1 Å². The molecule has 0 saturated carbocycles. The first-order valence-corrected chi connectivity index (χ1v) is 12.5. The van der Waals surface area contributed by atoms with Crippen molar-refractivity contribution in [3.05, 3.63) is 78.4 Å². The Bertz CT molecular complexity index is 1240. The molecule has 0 aliphatic heterocycles. The van der Waals surface area contributed by atoms with Crippen LogP contribution in [-0.4, -0.2) is 40.0 Å². The summed E-state index contributed by atoms with van der Waals surface area (Å²) in [5.41, 5.74) is 1.18. The van der Waals surface area contributed by atoms with Gasteiger partial charge in [-0.15, -0.1) is 0 Å². The first-order valence-electron chi connectivity index (χ1n) is 11.0. The van der Waals surface area contributed by atoms with Crippen molar-refractivity contribution in [3.63, 3.8) is 0 Å². The molecule has 0 unspecified atom stereocenters. The quantitative estimate of drug-likeness (QED) is 0.372.